The van der Waals surface area contributed by atoms with Crippen molar-refractivity contribution in [3.63, 3.8) is 0 Å². The monoisotopic (exact) mass is 1040 g/mol. The van der Waals surface area contributed by atoms with E-state index in [2.05, 4.69) is 78.0 Å². The maximum absolute atomic E-state index is 13.0. The van der Waals surface area contributed by atoms with Crippen molar-refractivity contribution < 1.29 is 29.0 Å². The molecule has 0 saturated carbocycles. The molecule has 0 bridgehead atoms. The van der Waals surface area contributed by atoms with E-state index in [1.165, 1.54) is 22.7 Å². The molecule has 22 nitrogen and oxygen atoms in total. The molecule has 5 amide bonds. The zero-order valence-electron chi connectivity index (χ0n) is 41.6. The van der Waals surface area contributed by atoms with Gasteiger partial charge in [0.15, 0.2) is 11.6 Å². The summed E-state index contributed by atoms with van der Waals surface area (Å²) in [6.45, 7) is 9.22. The molecule has 0 fully saturated rings. The average molecular weight is 1040 g/mol. The highest BCUT2D eigenvalue weighted by atomic mass is 32.1. The van der Waals surface area contributed by atoms with E-state index in [0.29, 0.717) is 54.4 Å². The molecule has 0 aliphatic carbocycles. The van der Waals surface area contributed by atoms with Crippen LogP contribution in [0.15, 0.2) is 72.8 Å². The van der Waals surface area contributed by atoms with Crippen molar-refractivity contribution in [2.75, 3.05) is 41.0 Å². The van der Waals surface area contributed by atoms with Gasteiger partial charge < -0.3 is 41.6 Å². The van der Waals surface area contributed by atoms with E-state index < -0.39 is 18.2 Å². The van der Waals surface area contributed by atoms with E-state index in [4.69, 9.17) is 15.2 Å². The Morgan fingerprint density at radius 3 is 1.79 bits per heavy atom. The number of aliphatic hydroxyl groups is 1. The summed E-state index contributed by atoms with van der Waals surface area (Å²) in [5, 5.41) is 67.4. The number of anilines is 4. The topological polar surface area (TPSA) is 303 Å². The van der Waals surface area contributed by atoms with Crippen molar-refractivity contribution >= 4 is 62.5 Å². The van der Waals surface area contributed by atoms with Crippen molar-refractivity contribution in [3.05, 3.63) is 116 Å². The van der Waals surface area contributed by atoms with Crippen LogP contribution >= 0.6 is 22.7 Å². The third kappa shape index (κ3) is 20.4. The molecule has 0 spiro atoms. The van der Waals surface area contributed by atoms with Crippen LogP contribution in [0, 0.1) is 0 Å². The van der Waals surface area contributed by atoms with Crippen LogP contribution in [0.4, 0.5) is 31.5 Å². The molecule has 6 aromatic rings. The Balaban J connectivity index is 0.909. The van der Waals surface area contributed by atoms with Gasteiger partial charge in [0.1, 0.15) is 16.2 Å². The molecule has 0 aliphatic rings. The maximum atomic E-state index is 13.0. The van der Waals surface area contributed by atoms with Crippen molar-refractivity contribution in [2.24, 2.45) is 5.73 Å². The largest absolute Gasteiger partial charge is 0.356 e. The second-order valence-electron chi connectivity index (χ2n) is 17.5. The van der Waals surface area contributed by atoms with Crippen LogP contribution < -0.4 is 43.0 Å². The summed E-state index contributed by atoms with van der Waals surface area (Å²) in [5.74, 6) is 0.568. The minimum Gasteiger partial charge on any atom is -0.356 e. The number of benzene rings is 2. The summed E-state index contributed by atoms with van der Waals surface area (Å²) in [4.78, 5) is 36.4. The predicted octanol–water partition coefficient (Wildman–Crippen LogP) is 5.88. The number of amides is 5. The molecule has 0 saturated heterocycles. The highest BCUT2D eigenvalue weighted by Crippen LogP contribution is 2.23. The molecule has 2 atom stereocenters. The minimum atomic E-state index is -1.32. The minimum absolute atomic E-state index is 0.128. The zero-order valence-corrected chi connectivity index (χ0v) is 43.3. The van der Waals surface area contributed by atoms with Crippen LogP contribution in [0.3, 0.4) is 0 Å². The highest BCUT2D eigenvalue weighted by molar-refractivity contribution is 7.15. The number of hydrogen-bond donors (Lipinski definition) is 9. The lowest BCUT2D eigenvalue weighted by Gasteiger charge is -2.30. The Kier molecular flexibility index (Phi) is 22.2. The van der Waals surface area contributed by atoms with Gasteiger partial charge in [0.25, 0.3) is 0 Å². The highest BCUT2D eigenvalue weighted by Gasteiger charge is 2.26. The number of nitrogens with one attached hydrogen (secondary N) is 7. The second kappa shape index (κ2) is 29.1. The second-order valence-corrected chi connectivity index (χ2v) is 19.7. The third-order valence-electron chi connectivity index (χ3n) is 10.8. The first kappa shape index (κ1) is 55.6. The number of hydrogen-bond acceptors (Lipinski definition) is 19. The molecule has 2 aromatic carbocycles. The molecule has 6 rings (SSSR count). The molecule has 24 heteroatoms. The van der Waals surface area contributed by atoms with Gasteiger partial charge in [-0.3, -0.25) is 20.7 Å². The molecule has 73 heavy (non-hydrogen) atoms. The van der Waals surface area contributed by atoms with Gasteiger partial charge in [0.05, 0.1) is 30.0 Å². The van der Waals surface area contributed by atoms with Gasteiger partial charge in [-0.15, -0.1) is 30.6 Å². The first-order valence-electron chi connectivity index (χ1n) is 24.4. The van der Waals surface area contributed by atoms with Gasteiger partial charge in [-0.2, -0.15) is 10.2 Å². The molecule has 0 radical (unpaired) electrons. The number of unbranched alkanes of at least 4 members (excludes halogenated alkanes) is 2. The quantitative estimate of drug-likeness (QED) is 0.0188. The maximum Gasteiger partial charge on any atom is 0.320 e. The number of nitrogens with zero attached hydrogens (tertiary/aromatic N) is 8. The van der Waals surface area contributed by atoms with Crippen LogP contribution in [0.1, 0.15) is 97.0 Å². The Hall–Kier alpha value is -6.67. The lowest BCUT2D eigenvalue weighted by Crippen LogP contribution is -2.43. The molecule has 2 unspecified atom stereocenters. The summed E-state index contributed by atoms with van der Waals surface area (Å²) < 4.78 is 12.5. The SMILES string of the molecule is CCNC(=O)Nc1ccc(CCCCc2nnc(NC(=O)Cc3cccc(CNC(O)OC(C)(C)COC(Cc4cccc(CN)c4)Nc4nnc(CCCCc5ccc(NC(=O)NCC)nn5)s4)c3)s2)nn1. The zero-order chi connectivity index (χ0) is 51.8. The Morgan fingerprint density at radius 1 is 0.658 bits per heavy atom. The van der Waals surface area contributed by atoms with Crippen LogP contribution in [0.2, 0.25) is 0 Å². The standard InChI is InChI=1S/C49H66N16O6S2/c1-5-51-44(67)54-38-23-21-36(58-60-38)17-7-9-19-42-62-64-46(72-42)56-40(66)27-32-13-12-16-35(26-32)30-53-48(69)71-49(3,4)31-70-41(28-33-14-11-15-34(25-33)29-50)57-47-65-63-43(73-47)20-10-8-18-37-22-24-39(61-59-37)55-45(68)52-6-2/h11-16,21-26,41,48,53,69H,5-10,17-20,27-31,50H2,1-4H3,(H,57,65)(H,56,64,66)(H2,51,54,60,67)(H2,52,55,61,68). The summed E-state index contributed by atoms with van der Waals surface area (Å²) in [6.07, 6.45) is 5.19. The summed E-state index contributed by atoms with van der Waals surface area (Å²) in [6, 6.07) is 22.1. The van der Waals surface area contributed by atoms with E-state index in [1.54, 1.807) is 12.1 Å². The van der Waals surface area contributed by atoms with Crippen LogP contribution in [0.5, 0.6) is 0 Å². The predicted molar refractivity (Wildman–Crippen MR) is 281 cm³/mol. The number of aliphatic hydroxyl groups excluding tert-OH is 1. The number of nitrogens with two attached hydrogens (primary N) is 1. The van der Waals surface area contributed by atoms with Gasteiger partial charge in [0, 0.05) is 45.4 Å². The van der Waals surface area contributed by atoms with Gasteiger partial charge in [0.2, 0.25) is 22.6 Å². The van der Waals surface area contributed by atoms with E-state index in [9.17, 15) is 19.5 Å². The number of aromatic nitrogens is 8. The van der Waals surface area contributed by atoms with Crippen LogP contribution in [-0.4, -0.2) is 102 Å². The van der Waals surface area contributed by atoms with E-state index in [1.807, 2.05) is 88.4 Å². The van der Waals surface area contributed by atoms with E-state index in [-0.39, 0.29) is 37.5 Å². The number of carbonyl (C=O) groups is 3. The van der Waals surface area contributed by atoms with Gasteiger partial charge in [-0.05, 0) is 113 Å². The van der Waals surface area contributed by atoms with E-state index in [0.717, 1.165) is 88.6 Å². The van der Waals surface area contributed by atoms with Crippen molar-refractivity contribution in [2.45, 2.75) is 123 Å². The van der Waals surface area contributed by atoms with Gasteiger partial charge in [-0.1, -0.05) is 71.2 Å². The fourth-order valence-corrected chi connectivity index (χ4v) is 8.84. The van der Waals surface area contributed by atoms with Crippen LogP contribution in [0.25, 0.3) is 0 Å². The molecule has 0 aliphatic heterocycles. The number of rotatable bonds is 30. The number of urea groups is 2. The smallest absolute Gasteiger partial charge is 0.320 e. The first-order valence-corrected chi connectivity index (χ1v) is 26.0. The third-order valence-corrected chi connectivity index (χ3v) is 12.6. The van der Waals surface area contributed by atoms with Gasteiger partial charge >= 0.3 is 12.1 Å². The summed E-state index contributed by atoms with van der Waals surface area (Å²) in [5.41, 5.74) is 10.4. The summed E-state index contributed by atoms with van der Waals surface area (Å²) in [7, 11) is 0. The van der Waals surface area contributed by atoms with Crippen LogP contribution in [-0.2, 0) is 65.9 Å². The Bertz CT molecular complexity index is 2640. The number of aryl methyl sites for hydroxylation is 4. The van der Waals surface area contributed by atoms with Crippen molar-refractivity contribution in [1.29, 1.82) is 0 Å². The fourth-order valence-electron chi connectivity index (χ4n) is 7.21. The molecule has 4 aromatic heterocycles. The Labute approximate surface area is 432 Å². The number of carbonyl (C=O) groups excluding carboxylic acids is 3. The molecule has 390 valence electrons. The van der Waals surface area contributed by atoms with Crippen molar-refractivity contribution in [1.82, 2.24) is 56.7 Å². The fraction of sp³-hybridized carbons (Fsp3) is 0.449. The first-order chi connectivity index (χ1) is 35.3. The molecule has 10 N–H and O–H groups in total. The summed E-state index contributed by atoms with van der Waals surface area (Å²) >= 11 is 2.82. The molecule has 4 heterocycles. The lowest BCUT2D eigenvalue weighted by atomic mass is 10.1. The Morgan fingerprint density at radius 2 is 1.21 bits per heavy atom. The average Bonchev–Trinajstić information content (AvgIpc) is 4.02. The number of ether oxygens (including phenoxy) is 2. The normalized spacial score (nSPS) is 12.2. The van der Waals surface area contributed by atoms with Gasteiger partial charge in [-0.25, -0.2) is 9.59 Å². The van der Waals surface area contributed by atoms with Crippen molar-refractivity contribution in [3.8, 4) is 0 Å². The lowest BCUT2D eigenvalue weighted by molar-refractivity contribution is -0.208. The molecular weight excluding hydrogens is 973 g/mol. The van der Waals surface area contributed by atoms with E-state index >= 15 is 0 Å². The molecular formula is C49H66N16O6S2.